The number of urea groups is 2. The van der Waals surface area contributed by atoms with Crippen molar-refractivity contribution >= 4 is 36.3 Å². The Morgan fingerprint density at radius 1 is 0.891 bits per heavy atom. The van der Waals surface area contributed by atoms with Crippen molar-refractivity contribution in [3.05, 3.63) is 54.1 Å². The van der Waals surface area contributed by atoms with Gasteiger partial charge in [-0.2, -0.15) is 0 Å². The lowest BCUT2D eigenvalue weighted by Crippen LogP contribution is -2.58. The van der Waals surface area contributed by atoms with E-state index in [0.29, 0.717) is 36.9 Å². The Labute approximate surface area is 334 Å². The molecule has 308 valence electrons. The molecule has 1 saturated heterocycles. The molecule has 1 aliphatic heterocycles. The molecular formula is C41H67ClN8O5. The first kappa shape index (κ1) is 45.5. The molecule has 0 spiro atoms. The summed E-state index contributed by atoms with van der Waals surface area (Å²) in [5, 5.41) is 17.5. The fourth-order valence-electron chi connectivity index (χ4n) is 7.62. The number of carbonyl (C=O) groups is 4. The zero-order chi connectivity index (χ0) is 39.0. The zero-order valence-corrected chi connectivity index (χ0v) is 34.6. The van der Waals surface area contributed by atoms with Gasteiger partial charge in [0.25, 0.3) is 0 Å². The van der Waals surface area contributed by atoms with Crippen LogP contribution in [0.1, 0.15) is 95.7 Å². The number of likely N-dealkylation sites (N-methyl/N-ethyl adjacent to an activating group) is 3. The van der Waals surface area contributed by atoms with E-state index >= 15 is 0 Å². The first-order chi connectivity index (χ1) is 25.9. The standard InChI is InChI=1S/C41H66N8O5.ClH/c1-30(2)19-20-37(50)34(25-31-15-9-6-10-16-31)44-38(51)36(27-33-28-42-29-43-33)48(5)39(52)35(26-32-17-11-7-12-18-32)45-40(53)46(3)23-24-47(4)41(54)49-21-13-8-14-22-49;/h7,11-12,17-18,28-31,34-37,50H,6,8-10,13-16,19-27H2,1-5H3,(H,42,43)(H,44,51)(H,45,53);1H/t34-,35-,36-,37-;/m0./s1. The van der Waals surface area contributed by atoms with E-state index < -0.39 is 36.2 Å². The maximum absolute atomic E-state index is 14.5. The predicted octanol–water partition coefficient (Wildman–Crippen LogP) is 5.24. The SMILES string of the molecule is CC(C)CC[C@H](O)[C@H](CC1CCCCC1)NC(=O)[C@H](Cc1c[nH]cn1)N(C)C(=O)[C@H](Cc1ccccc1)NC(=O)N(C)CCN(C)C(=O)N1CCCCC1.Cl. The second-order valence-corrected chi connectivity index (χ2v) is 16.0. The minimum Gasteiger partial charge on any atom is -0.391 e. The van der Waals surface area contributed by atoms with Gasteiger partial charge in [-0.25, -0.2) is 14.6 Å². The van der Waals surface area contributed by atoms with Crippen molar-refractivity contribution in [2.24, 2.45) is 11.8 Å². The maximum atomic E-state index is 14.5. The van der Waals surface area contributed by atoms with Crippen LogP contribution in [0, 0.1) is 11.8 Å². The molecule has 14 heteroatoms. The summed E-state index contributed by atoms with van der Waals surface area (Å²) in [6.45, 7) is 6.36. The smallest absolute Gasteiger partial charge is 0.319 e. The average molecular weight is 787 g/mol. The molecule has 6 amide bonds. The molecule has 2 fully saturated rings. The highest BCUT2D eigenvalue weighted by Crippen LogP contribution is 2.29. The summed E-state index contributed by atoms with van der Waals surface area (Å²) >= 11 is 0. The van der Waals surface area contributed by atoms with Gasteiger partial charge in [0.15, 0.2) is 0 Å². The van der Waals surface area contributed by atoms with E-state index in [1.54, 1.807) is 38.6 Å². The second-order valence-electron chi connectivity index (χ2n) is 16.0. The highest BCUT2D eigenvalue weighted by atomic mass is 35.5. The lowest BCUT2D eigenvalue weighted by atomic mass is 9.83. The highest BCUT2D eigenvalue weighted by molar-refractivity contribution is 5.92. The van der Waals surface area contributed by atoms with E-state index in [1.807, 2.05) is 35.2 Å². The van der Waals surface area contributed by atoms with Crippen molar-refractivity contribution in [1.29, 1.82) is 0 Å². The number of imidazole rings is 1. The number of aromatic amines is 1. The predicted molar refractivity (Wildman–Crippen MR) is 218 cm³/mol. The maximum Gasteiger partial charge on any atom is 0.319 e. The molecule has 2 aromatic rings. The molecule has 0 radical (unpaired) electrons. The fraction of sp³-hybridized carbons (Fsp3) is 0.683. The van der Waals surface area contributed by atoms with Crippen LogP contribution in [0.2, 0.25) is 0 Å². The Morgan fingerprint density at radius 2 is 1.55 bits per heavy atom. The Balaban J connectivity index is 0.00000812. The van der Waals surface area contributed by atoms with Gasteiger partial charge in [-0.15, -0.1) is 12.4 Å². The van der Waals surface area contributed by atoms with Crippen LogP contribution in [0.3, 0.4) is 0 Å². The molecule has 55 heavy (non-hydrogen) atoms. The van der Waals surface area contributed by atoms with Crippen molar-refractivity contribution in [3.63, 3.8) is 0 Å². The number of aliphatic hydroxyl groups excluding tert-OH is 1. The third-order valence-corrected chi connectivity index (χ3v) is 11.2. The molecule has 1 aliphatic carbocycles. The summed E-state index contributed by atoms with van der Waals surface area (Å²) in [5.41, 5.74) is 1.47. The largest absolute Gasteiger partial charge is 0.391 e. The first-order valence-electron chi connectivity index (χ1n) is 20.2. The summed E-state index contributed by atoms with van der Waals surface area (Å²) in [6.07, 6.45) is 13.8. The van der Waals surface area contributed by atoms with Crippen LogP contribution in [0.25, 0.3) is 0 Å². The van der Waals surface area contributed by atoms with Crippen LogP contribution >= 0.6 is 12.4 Å². The van der Waals surface area contributed by atoms with Crippen LogP contribution < -0.4 is 10.6 Å². The van der Waals surface area contributed by atoms with E-state index in [2.05, 4.69) is 34.4 Å². The van der Waals surface area contributed by atoms with Crippen molar-refractivity contribution in [1.82, 2.24) is 40.2 Å². The lowest BCUT2D eigenvalue weighted by molar-refractivity contribution is -0.141. The summed E-state index contributed by atoms with van der Waals surface area (Å²) in [6, 6.07) is 6.59. The number of piperidine rings is 1. The van der Waals surface area contributed by atoms with E-state index in [9.17, 15) is 24.3 Å². The number of nitrogens with one attached hydrogen (secondary N) is 3. The number of halogens is 1. The Bertz CT molecular complexity index is 1440. The average Bonchev–Trinajstić information content (AvgIpc) is 3.71. The van der Waals surface area contributed by atoms with Gasteiger partial charge in [0.05, 0.1) is 24.2 Å². The highest BCUT2D eigenvalue weighted by Gasteiger charge is 2.36. The number of H-pyrrole nitrogens is 1. The van der Waals surface area contributed by atoms with Gasteiger partial charge in [-0.05, 0) is 55.9 Å². The van der Waals surface area contributed by atoms with Crippen molar-refractivity contribution in [2.75, 3.05) is 47.3 Å². The third-order valence-electron chi connectivity index (χ3n) is 11.2. The van der Waals surface area contributed by atoms with Crippen molar-refractivity contribution in [2.45, 2.75) is 122 Å². The van der Waals surface area contributed by atoms with Gasteiger partial charge < -0.3 is 40.3 Å². The molecule has 13 nitrogen and oxygen atoms in total. The van der Waals surface area contributed by atoms with Crippen LogP contribution in [-0.4, -0.2) is 130 Å². The fourth-order valence-corrected chi connectivity index (χ4v) is 7.62. The van der Waals surface area contributed by atoms with Gasteiger partial charge in [0.2, 0.25) is 11.8 Å². The number of carbonyl (C=O) groups excluding carboxylic acids is 4. The minimum atomic E-state index is -0.982. The van der Waals surface area contributed by atoms with Crippen LogP contribution in [0.4, 0.5) is 9.59 Å². The van der Waals surface area contributed by atoms with Gasteiger partial charge >= 0.3 is 12.1 Å². The topological polar surface area (TPSA) is 154 Å². The number of rotatable bonds is 18. The summed E-state index contributed by atoms with van der Waals surface area (Å²) in [4.78, 5) is 69.1. The number of amides is 6. The van der Waals surface area contributed by atoms with E-state index in [0.717, 1.165) is 70.0 Å². The third kappa shape index (κ3) is 14.6. The molecule has 2 aliphatic rings. The number of hydrogen-bond donors (Lipinski definition) is 4. The summed E-state index contributed by atoms with van der Waals surface area (Å²) in [5.74, 6) is 0.0621. The Kier molecular flexibility index (Phi) is 19.3. The molecular weight excluding hydrogens is 720 g/mol. The zero-order valence-electron chi connectivity index (χ0n) is 33.8. The quantitative estimate of drug-likeness (QED) is 0.162. The van der Waals surface area contributed by atoms with Gasteiger partial charge in [0.1, 0.15) is 12.1 Å². The molecule has 4 rings (SSSR count). The molecule has 1 saturated carbocycles. The molecule has 0 bridgehead atoms. The number of benzene rings is 1. The molecule has 4 N–H and O–H groups in total. The van der Waals surface area contributed by atoms with Crippen LogP contribution in [0.15, 0.2) is 42.9 Å². The molecule has 1 aromatic carbocycles. The Morgan fingerprint density at radius 3 is 2.18 bits per heavy atom. The summed E-state index contributed by atoms with van der Waals surface area (Å²) < 4.78 is 0. The van der Waals surface area contributed by atoms with Crippen molar-refractivity contribution in [3.8, 4) is 0 Å². The van der Waals surface area contributed by atoms with E-state index in [4.69, 9.17) is 0 Å². The molecule has 1 aromatic heterocycles. The number of aromatic nitrogens is 2. The monoisotopic (exact) mass is 786 g/mol. The molecule has 0 unspecified atom stereocenters. The molecule has 2 heterocycles. The van der Waals surface area contributed by atoms with Crippen LogP contribution in [-0.2, 0) is 22.4 Å². The minimum absolute atomic E-state index is 0. The molecule has 4 atom stereocenters. The van der Waals surface area contributed by atoms with E-state index in [-0.39, 0.29) is 43.7 Å². The summed E-state index contributed by atoms with van der Waals surface area (Å²) in [7, 11) is 4.99. The van der Waals surface area contributed by atoms with Crippen molar-refractivity contribution < 1.29 is 24.3 Å². The number of likely N-dealkylation sites (tertiary alicyclic amines) is 1. The Hall–Kier alpha value is -3.84. The normalized spacial score (nSPS) is 17.0. The lowest BCUT2D eigenvalue weighted by Gasteiger charge is -2.35. The van der Waals surface area contributed by atoms with E-state index in [1.165, 1.54) is 16.2 Å². The first-order valence-corrected chi connectivity index (χ1v) is 20.2. The number of hydrogen-bond acceptors (Lipinski definition) is 6. The second kappa shape index (κ2) is 23.3. The number of nitrogens with zero attached hydrogens (tertiary/aromatic N) is 5. The van der Waals surface area contributed by atoms with Crippen LogP contribution in [0.5, 0.6) is 0 Å². The van der Waals surface area contributed by atoms with Gasteiger partial charge in [-0.1, -0.05) is 76.3 Å². The van der Waals surface area contributed by atoms with Gasteiger partial charge in [-0.3, -0.25) is 9.59 Å². The number of aliphatic hydroxyl groups is 1. The van der Waals surface area contributed by atoms with Gasteiger partial charge in [0, 0.05) is 66.4 Å².